The molecule has 1 aliphatic heterocycles. The molecule has 2 aliphatic rings. The van der Waals surface area contributed by atoms with Gasteiger partial charge < -0.3 is 16.4 Å². The van der Waals surface area contributed by atoms with E-state index >= 15 is 0 Å². The van der Waals surface area contributed by atoms with Gasteiger partial charge in [0, 0.05) is 36.1 Å². The molecule has 3 heterocycles. The van der Waals surface area contributed by atoms with Gasteiger partial charge in [-0.1, -0.05) is 40.9 Å². The van der Waals surface area contributed by atoms with Crippen molar-refractivity contribution in [1.82, 2.24) is 23.8 Å². The zero-order chi connectivity index (χ0) is 31.9. The minimum absolute atomic E-state index is 0.0202. The summed E-state index contributed by atoms with van der Waals surface area (Å²) in [5.74, 6) is -0.546. The van der Waals surface area contributed by atoms with Gasteiger partial charge in [0.1, 0.15) is 11.3 Å². The lowest BCUT2D eigenvalue weighted by Crippen LogP contribution is -2.45. The maximum Gasteiger partial charge on any atom is 0.243 e. The molecule has 6 rings (SSSR count). The maximum absolute atomic E-state index is 14.9. The van der Waals surface area contributed by atoms with E-state index < -0.39 is 15.8 Å². The monoisotopic (exact) mass is 674 g/mol. The molecule has 0 spiro atoms. The molecule has 1 unspecified atom stereocenters. The van der Waals surface area contributed by atoms with E-state index in [0.717, 1.165) is 18.1 Å². The number of amides is 1. The topological polar surface area (TPSA) is 148 Å². The Morgan fingerprint density at radius 1 is 1.07 bits per heavy atom. The lowest BCUT2D eigenvalue weighted by atomic mass is 9.85. The molecule has 1 aliphatic carbocycles. The van der Waals surface area contributed by atoms with Crippen LogP contribution in [0.5, 0.6) is 0 Å². The fourth-order valence-corrected chi connectivity index (χ4v) is 8.15. The lowest BCUT2D eigenvalue weighted by Gasteiger charge is -2.32. The fourth-order valence-electron chi connectivity index (χ4n) is 6.11. The van der Waals surface area contributed by atoms with E-state index in [1.807, 2.05) is 11.5 Å². The second kappa shape index (κ2) is 12.7. The molecule has 1 amide bonds. The molecule has 1 saturated carbocycles. The van der Waals surface area contributed by atoms with Gasteiger partial charge in [-0.05, 0) is 69.7 Å². The summed E-state index contributed by atoms with van der Waals surface area (Å²) in [6.07, 6.45) is 5.44. The third-order valence-electron chi connectivity index (χ3n) is 8.52. The highest BCUT2D eigenvalue weighted by molar-refractivity contribution is 7.89. The molecule has 238 valence electrons. The first-order valence-corrected chi connectivity index (χ1v) is 17.0. The van der Waals surface area contributed by atoms with Crippen molar-refractivity contribution in [3.63, 3.8) is 0 Å². The predicted molar refractivity (Wildman–Crippen MR) is 172 cm³/mol. The summed E-state index contributed by atoms with van der Waals surface area (Å²) in [6, 6.07) is 9.10. The van der Waals surface area contributed by atoms with Crippen molar-refractivity contribution in [2.45, 2.75) is 62.4 Å². The van der Waals surface area contributed by atoms with Crippen molar-refractivity contribution < 1.29 is 17.6 Å². The maximum atomic E-state index is 14.9. The summed E-state index contributed by atoms with van der Waals surface area (Å²) in [6.45, 7) is 2.60. The Kier molecular flexibility index (Phi) is 8.88. The number of carbonyl (C=O) groups excluding carboxylic acids is 1. The van der Waals surface area contributed by atoms with Gasteiger partial charge in [0.05, 0.1) is 21.8 Å². The molecule has 0 bridgehead atoms. The van der Waals surface area contributed by atoms with Crippen LogP contribution < -0.4 is 16.4 Å². The fraction of sp³-hybridized carbons (Fsp3) is 0.400. The van der Waals surface area contributed by atoms with Crippen LogP contribution in [0.4, 0.5) is 22.0 Å². The minimum Gasteiger partial charge on any atom is -0.369 e. The number of sulfonamides is 1. The first kappa shape index (κ1) is 31.5. The van der Waals surface area contributed by atoms with Gasteiger partial charge in [-0.15, -0.1) is 0 Å². The number of carbonyl (C=O) groups is 1. The number of anilines is 3. The van der Waals surface area contributed by atoms with Crippen molar-refractivity contribution in [2.24, 2.45) is 11.7 Å². The molecule has 1 atom stereocenters. The second-order valence-corrected chi connectivity index (χ2v) is 14.4. The van der Waals surface area contributed by atoms with E-state index in [1.54, 1.807) is 30.5 Å². The van der Waals surface area contributed by atoms with Crippen LogP contribution in [0.2, 0.25) is 10.0 Å². The molecule has 15 heteroatoms. The van der Waals surface area contributed by atoms with Crippen molar-refractivity contribution >= 4 is 67.9 Å². The third-order valence-corrected chi connectivity index (χ3v) is 10.9. The number of halogens is 3. The number of fused-ring (bicyclic) bond motifs is 1. The molecule has 2 aromatic carbocycles. The summed E-state index contributed by atoms with van der Waals surface area (Å²) in [4.78, 5) is 26.1. The number of aromatic nitrogens is 4. The Labute approximate surface area is 270 Å². The highest BCUT2D eigenvalue weighted by atomic mass is 35.5. The molecule has 1 saturated heterocycles. The highest BCUT2D eigenvalue weighted by Gasteiger charge is 2.32. The minimum atomic E-state index is -3.66. The van der Waals surface area contributed by atoms with E-state index in [1.165, 1.54) is 10.4 Å². The number of benzene rings is 2. The third kappa shape index (κ3) is 6.57. The summed E-state index contributed by atoms with van der Waals surface area (Å²) in [5.41, 5.74) is 7.56. The molecule has 4 N–H and O–H groups in total. The lowest BCUT2D eigenvalue weighted by molar-refractivity contribution is -0.122. The summed E-state index contributed by atoms with van der Waals surface area (Å²) in [5, 5.41) is 6.61. The van der Waals surface area contributed by atoms with Gasteiger partial charge in [0.2, 0.25) is 27.8 Å². The number of nitrogens with zero attached hydrogens (tertiary/aromatic N) is 5. The summed E-state index contributed by atoms with van der Waals surface area (Å²) >= 11 is 12.3. The van der Waals surface area contributed by atoms with Crippen LogP contribution in [-0.2, 0) is 14.8 Å². The molecule has 45 heavy (non-hydrogen) atoms. The average molecular weight is 676 g/mol. The first-order valence-electron chi connectivity index (χ1n) is 14.8. The Morgan fingerprint density at radius 3 is 2.49 bits per heavy atom. The smallest absolute Gasteiger partial charge is 0.243 e. The van der Waals surface area contributed by atoms with Crippen LogP contribution in [-0.4, -0.2) is 57.3 Å². The average Bonchev–Trinajstić information content (AvgIpc) is 3.36. The molecule has 2 aromatic heterocycles. The van der Waals surface area contributed by atoms with Gasteiger partial charge >= 0.3 is 0 Å². The second-order valence-electron chi connectivity index (χ2n) is 11.6. The predicted octanol–water partition coefficient (Wildman–Crippen LogP) is 5.81. The quantitative estimate of drug-likeness (QED) is 0.212. The Bertz CT molecular complexity index is 1820. The zero-order valence-corrected chi connectivity index (χ0v) is 26.8. The number of imidazole rings is 1. The summed E-state index contributed by atoms with van der Waals surface area (Å²) in [7, 11) is -3.66. The van der Waals surface area contributed by atoms with Crippen LogP contribution in [0, 0.1) is 18.7 Å². The van der Waals surface area contributed by atoms with Crippen molar-refractivity contribution in [3.8, 4) is 0 Å². The van der Waals surface area contributed by atoms with E-state index in [0.29, 0.717) is 61.7 Å². The number of hydrogen-bond donors (Lipinski definition) is 3. The molecular formula is C30H33Cl2FN8O3S. The van der Waals surface area contributed by atoms with E-state index in [2.05, 4.69) is 20.6 Å². The van der Waals surface area contributed by atoms with E-state index in [-0.39, 0.29) is 51.1 Å². The zero-order valence-electron chi connectivity index (χ0n) is 24.5. The largest absolute Gasteiger partial charge is 0.369 e. The number of hydrogen-bond acceptors (Lipinski definition) is 8. The summed E-state index contributed by atoms with van der Waals surface area (Å²) < 4.78 is 45.0. The van der Waals surface area contributed by atoms with Gasteiger partial charge in [-0.3, -0.25) is 9.36 Å². The van der Waals surface area contributed by atoms with Crippen molar-refractivity contribution in [3.05, 3.63) is 64.0 Å². The van der Waals surface area contributed by atoms with E-state index in [4.69, 9.17) is 33.9 Å². The number of piperidine rings is 1. The van der Waals surface area contributed by atoms with Crippen LogP contribution in [0.1, 0.15) is 50.1 Å². The Balaban J connectivity index is 1.30. The van der Waals surface area contributed by atoms with Crippen LogP contribution in [0.15, 0.2) is 47.5 Å². The Morgan fingerprint density at radius 2 is 1.80 bits per heavy atom. The number of nitrogens with one attached hydrogen (secondary N) is 2. The standard InChI is InChI=1S/C30H33Cl2FN8O3S/c1-17-4-10-22(11-5-17)45(43,44)40-12-2-3-20(16-40)36-29-35-15-25-28(39-29)41(21-8-6-18(7-9-21)27(34)42)30(37-25)38-26-23(32)13-19(31)14-24(26)33/h4-5,10-11,13-15,18,20-21H,2-3,6-9,12,16H2,1H3,(H2,34,42)(H,37,38)(H,35,36,39). The van der Waals surface area contributed by atoms with Crippen LogP contribution in [0.3, 0.4) is 0 Å². The Hall–Kier alpha value is -3.52. The van der Waals surface area contributed by atoms with Gasteiger partial charge in [0.15, 0.2) is 5.65 Å². The molecule has 0 radical (unpaired) electrons. The number of primary amides is 1. The number of rotatable bonds is 8. The van der Waals surface area contributed by atoms with Gasteiger partial charge in [0.25, 0.3) is 0 Å². The number of aryl methyl sites for hydroxylation is 1. The van der Waals surface area contributed by atoms with Crippen molar-refractivity contribution in [1.29, 1.82) is 0 Å². The van der Waals surface area contributed by atoms with Gasteiger partial charge in [-0.2, -0.15) is 9.29 Å². The van der Waals surface area contributed by atoms with Crippen molar-refractivity contribution in [2.75, 3.05) is 23.7 Å². The van der Waals surface area contributed by atoms with E-state index in [9.17, 15) is 17.6 Å². The molecule has 4 aromatic rings. The normalized spacial score (nSPS) is 21.1. The molecular weight excluding hydrogens is 642 g/mol. The first-order chi connectivity index (χ1) is 21.5. The molecule has 11 nitrogen and oxygen atoms in total. The SMILES string of the molecule is Cc1ccc(S(=O)(=O)N2CCCC(Nc3ncc4nc(Nc5c(F)cc(Cl)cc5Cl)n(C5CCC(C(N)=O)CC5)c4n3)C2)cc1. The number of nitrogens with two attached hydrogens (primary N) is 1. The highest BCUT2D eigenvalue weighted by Crippen LogP contribution is 2.38. The van der Waals surface area contributed by atoms with Gasteiger partial charge in [-0.25, -0.2) is 22.8 Å². The van der Waals surface area contributed by atoms with Crippen LogP contribution >= 0.6 is 23.2 Å². The molecule has 2 fully saturated rings. The van der Waals surface area contributed by atoms with Crippen LogP contribution in [0.25, 0.3) is 11.2 Å².